The van der Waals surface area contributed by atoms with Gasteiger partial charge < -0.3 is 15.4 Å². The number of methoxy groups -OCH3 is 1. The Balaban J connectivity index is 2.28. The first-order chi connectivity index (χ1) is 9.64. The molecule has 0 saturated heterocycles. The number of nitrogens with two attached hydrogens (primary N) is 1. The van der Waals surface area contributed by atoms with Crippen molar-refractivity contribution in [2.75, 3.05) is 27.7 Å². The van der Waals surface area contributed by atoms with E-state index in [0.29, 0.717) is 5.92 Å². The second-order valence-corrected chi connectivity index (χ2v) is 7.57. The molecule has 1 aliphatic carbocycles. The van der Waals surface area contributed by atoms with E-state index < -0.39 is 0 Å². The number of rotatable bonds is 6. The summed E-state index contributed by atoms with van der Waals surface area (Å²) < 4.78 is 7.50. The van der Waals surface area contributed by atoms with Crippen molar-refractivity contribution in [2.45, 2.75) is 40.3 Å². The monoisotopic (exact) mass is 294 g/mol. The molecule has 1 aromatic rings. The molecule has 2 rings (SSSR count). The third-order valence-corrected chi connectivity index (χ3v) is 5.63. The Labute approximate surface area is 128 Å². The zero-order valence-corrected chi connectivity index (χ0v) is 14.5. The highest BCUT2D eigenvalue weighted by atomic mass is 16.5. The minimum atomic E-state index is -0.0467. The number of hydrogen-bond donors (Lipinski definition) is 1. The highest BCUT2D eigenvalue weighted by molar-refractivity contribution is 5.32. The molecule has 5 nitrogen and oxygen atoms in total. The van der Waals surface area contributed by atoms with Crippen LogP contribution in [-0.2, 0) is 6.54 Å². The minimum absolute atomic E-state index is 0.0467. The van der Waals surface area contributed by atoms with Crippen molar-refractivity contribution in [3.63, 3.8) is 0 Å². The van der Waals surface area contributed by atoms with E-state index in [1.807, 2.05) is 4.68 Å². The Morgan fingerprint density at radius 3 is 2.33 bits per heavy atom. The number of likely N-dealkylation sites (N-methyl/N-ethyl adjacent to an activating group) is 1. The molecule has 0 amide bonds. The second-order valence-electron chi connectivity index (χ2n) is 7.57. The number of hydrogen-bond acceptors (Lipinski definition) is 4. The average molecular weight is 294 g/mol. The quantitative estimate of drug-likeness (QED) is 0.873. The molecule has 1 unspecified atom stereocenters. The zero-order chi connectivity index (χ0) is 16.0. The van der Waals surface area contributed by atoms with Crippen LogP contribution in [0.5, 0.6) is 5.75 Å². The van der Waals surface area contributed by atoms with E-state index >= 15 is 0 Å². The van der Waals surface area contributed by atoms with E-state index in [2.05, 4.69) is 51.8 Å². The summed E-state index contributed by atoms with van der Waals surface area (Å²) in [7, 11) is 5.81. The first-order valence-electron chi connectivity index (χ1n) is 7.64. The molecular formula is C16H30N4O. The third-order valence-electron chi connectivity index (χ3n) is 5.63. The van der Waals surface area contributed by atoms with E-state index in [9.17, 15) is 0 Å². The van der Waals surface area contributed by atoms with Gasteiger partial charge in [0.1, 0.15) is 0 Å². The molecule has 1 aromatic heterocycles. The van der Waals surface area contributed by atoms with Crippen LogP contribution in [0.3, 0.4) is 0 Å². The zero-order valence-electron chi connectivity index (χ0n) is 14.5. The molecule has 0 aliphatic heterocycles. The molecular weight excluding hydrogens is 264 g/mol. The fraction of sp³-hybridized carbons (Fsp3) is 0.812. The van der Waals surface area contributed by atoms with Crippen molar-refractivity contribution in [3.8, 4) is 5.75 Å². The van der Waals surface area contributed by atoms with E-state index in [1.165, 1.54) is 0 Å². The number of nitrogens with zero attached hydrogens (tertiary/aromatic N) is 3. The van der Waals surface area contributed by atoms with Gasteiger partial charge in [0, 0.05) is 6.54 Å². The fourth-order valence-corrected chi connectivity index (χ4v) is 3.65. The Kier molecular flexibility index (Phi) is 4.10. The number of ether oxygens (including phenoxy) is 1. The van der Waals surface area contributed by atoms with E-state index in [1.54, 1.807) is 13.3 Å². The van der Waals surface area contributed by atoms with Gasteiger partial charge in [-0.1, -0.05) is 27.7 Å². The molecule has 0 radical (unpaired) electrons. The summed E-state index contributed by atoms with van der Waals surface area (Å²) >= 11 is 0. The van der Waals surface area contributed by atoms with Crippen LogP contribution in [0.1, 0.15) is 39.4 Å². The Morgan fingerprint density at radius 1 is 1.33 bits per heavy atom. The van der Waals surface area contributed by atoms with Crippen molar-refractivity contribution in [1.29, 1.82) is 0 Å². The van der Waals surface area contributed by atoms with Gasteiger partial charge in [-0.05, 0) is 30.8 Å². The van der Waals surface area contributed by atoms with Gasteiger partial charge in [0.15, 0.2) is 5.75 Å². The van der Waals surface area contributed by atoms with Gasteiger partial charge in [-0.2, -0.15) is 5.10 Å². The molecule has 0 bridgehead atoms. The summed E-state index contributed by atoms with van der Waals surface area (Å²) in [5.41, 5.74) is 8.14. The van der Waals surface area contributed by atoms with Gasteiger partial charge >= 0.3 is 0 Å². The Morgan fingerprint density at radius 2 is 1.90 bits per heavy atom. The molecule has 1 saturated carbocycles. The first kappa shape index (κ1) is 16.3. The molecule has 21 heavy (non-hydrogen) atoms. The number of aromatic nitrogens is 2. The smallest absolute Gasteiger partial charge is 0.161 e. The summed E-state index contributed by atoms with van der Waals surface area (Å²) in [5, 5.41) is 4.47. The van der Waals surface area contributed by atoms with Gasteiger partial charge in [0.05, 0.1) is 31.6 Å². The maximum Gasteiger partial charge on any atom is 0.161 e. The van der Waals surface area contributed by atoms with Crippen LogP contribution in [0.25, 0.3) is 0 Å². The van der Waals surface area contributed by atoms with Gasteiger partial charge in [0.25, 0.3) is 0 Å². The molecule has 1 fully saturated rings. The highest BCUT2D eigenvalue weighted by Crippen LogP contribution is 2.72. The third kappa shape index (κ3) is 2.57. The van der Waals surface area contributed by atoms with Crippen molar-refractivity contribution in [1.82, 2.24) is 14.7 Å². The van der Waals surface area contributed by atoms with Crippen LogP contribution in [-0.4, -0.2) is 42.4 Å². The van der Waals surface area contributed by atoms with Crippen molar-refractivity contribution < 1.29 is 4.74 Å². The summed E-state index contributed by atoms with van der Waals surface area (Å²) in [6, 6.07) is -0.0467. The van der Waals surface area contributed by atoms with Gasteiger partial charge in [-0.25, -0.2) is 0 Å². The summed E-state index contributed by atoms with van der Waals surface area (Å²) in [6.07, 6.45) is 1.78. The predicted octanol–water partition coefficient (Wildman–Crippen LogP) is 2.14. The lowest BCUT2D eigenvalue weighted by Crippen LogP contribution is -2.25. The summed E-state index contributed by atoms with van der Waals surface area (Å²) in [5.74, 6) is 1.24. The topological polar surface area (TPSA) is 56.3 Å². The molecule has 0 aromatic carbocycles. The fourth-order valence-electron chi connectivity index (χ4n) is 3.65. The molecule has 1 heterocycles. The second kappa shape index (κ2) is 5.29. The summed E-state index contributed by atoms with van der Waals surface area (Å²) in [4.78, 5) is 2.15. The minimum Gasteiger partial charge on any atom is -0.493 e. The molecule has 0 spiro atoms. The average Bonchev–Trinajstić information content (AvgIpc) is 2.72. The van der Waals surface area contributed by atoms with E-state index in [4.69, 9.17) is 10.5 Å². The lowest BCUT2D eigenvalue weighted by molar-refractivity contribution is 0.352. The normalized spacial score (nSPS) is 21.6. The maximum atomic E-state index is 6.63. The van der Waals surface area contributed by atoms with Crippen molar-refractivity contribution in [2.24, 2.45) is 22.5 Å². The van der Waals surface area contributed by atoms with Gasteiger partial charge in [-0.15, -0.1) is 0 Å². The molecule has 1 atom stereocenters. The SMILES string of the molecule is COc1cnn(CCN(C)C)c1C(N)C1C(C)(C)C1(C)C. The lowest BCUT2D eigenvalue weighted by atomic mass is 10.0. The van der Waals surface area contributed by atoms with Gasteiger partial charge in [0.2, 0.25) is 0 Å². The van der Waals surface area contributed by atoms with Crippen LogP contribution in [0.4, 0.5) is 0 Å². The van der Waals surface area contributed by atoms with Crippen molar-refractivity contribution in [3.05, 3.63) is 11.9 Å². The van der Waals surface area contributed by atoms with Crippen LogP contribution >= 0.6 is 0 Å². The predicted molar refractivity (Wildman–Crippen MR) is 85.3 cm³/mol. The van der Waals surface area contributed by atoms with Gasteiger partial charge in [-0.3, -0.25) is 4.68 Å². The first-order valence-corrected chi connectivity index (χ1v) is 7.64. The van der Waals surface area contributed by atoms with E-state index in [0.717, 1.165) is 24.5 Å². The van der Waals surface area contributed by atoms with E-state index in [-0.39, 0.29) is 16.9 Å². The van der Waals surface area contributed by atoms with Crippen LogP contribution in [0.15, 0.2) is 6.20 Å². The van der Waals surface area contributed by atoms with Crippen molar-refractivity contribution >= 4 is 0 Å². The van der Waals surface area contributed by atoms with Crippen LogP contribution in [0.2, 0.25) is 0 Å². The molecule has 1 aliphatic rings. The molecule has 120 valence electrons. The molecule has 2 N–H and O–H groups in total. The van der Waals surface area contributed by atoms with Crippen LogP contribution < -0.4 is 10.5 Å². The van der Waals surface area contributed by atoms with Crippen LogP contribution in [0, 0.1) is 16.7 Å². The Bertz CT molecular complexity index is 490. The Hall–Kier alpha value is -1.07. The molecule has 5 heteroatoms. The summed E-state index contributed by atoms with van der Waals surface area (Å²) in [6.45, 7) is 10.9. The lowest BCUT2D eigenvalue weighted by Gasteiger charge is -2.19. The standard InChI is InChI=1S/C16H30N4O/c1-15(2)14(16(15,3)4)12(17)13-11(21-7)10-18-20(13)9-8-19(5)6/h10,12,14H,8-9,17H2,1-7H3. The largest absolute Gasteiger partial charge is 0.493 e. The highest BCUT2D eigenvalue weighted by Gasteiger charge is 2.67. The maximum absolute atomic E-state index is 6.63.